The van der Waals surface area contributed by atoms with Crippen molar-refractivity contribution < 1.29 is 11.2 Å². The highest BCUT2D eigenvalue weighted by Gasteiger charge is 2.33. The number of rotatable bonds is 2. The van der Waals surface area contributed by atoms with Gasteiger partial charge in [0.15, 0.2) is 0 Å². The van der Waals surface area contributed by atoms with E-state index in [2.05, 4.69) is 13.8 Å². The van der Waals surface area contributed by atoms with E-state index in [4.69, 9.17) is 6.11 Å². The molecule has 1 rings (SSSR count). The van der Waals surface area contributed by atoms with E-state index in [0.717, 1.165) is 6.42 Å². The van der Waals surface area contributed by atoms with E-state index >= 15 is 0 Å². The lowest BCUT2D eigenvalue weighted by Gasteiger charge is -2.23. The lowest BCUT2D eigenvalue weighted by atomic mass is 9.87. The Labute approximate surface area is 70.0 Å². The molecule has 0 spiro atoms. The fourth-order valence-electron chi connectivity index (χ4n) is 1.64. The molecule has 0 radical (unpaired) electrons. The Morgan fingerprint density at radius 1 is 1.55 bits per heavy atom. The summed E-state index contributed by atoms with van der Waals surface area (Å²) in [6.07, 6.45) is 0.174. The minimum Gasteiger partial charge on any atom is -0.391 e. The van der Waals surface area contributed by atoms with Gasteiger partial charge in [0.2, 0.25) is 0 Å². The largest absolute Gasteiger partial charge is 0.391 e. The third-order valence-electron chi connectivity index (χ3n) is 2.38. The van der Waals surface area contributed by atoms with Crippen molar-refractivity contribution >= 4 is 0 Å². The summed E-state index contributed by atoms with van der Waals surface area (Å²) >= 11 is 0. The minimum absolute atomic E-state index is 0.132. The topological polar surface area (TPSA) is 29.5 Å². The van der Waals surface area contributed by atoms with Crippen molar-refractivity contribution in [2.75, 3.05) is 6.58 Å². The first-order chi connectivity index (χ1) is 5.52. The minimum atomic E-state index is -0.451. The number of hydrogen-bond donors (Lipinski definition) is 1. The normalized spacial score (nSPS) is 42.6. The van der Waals surface area contributed by atoms with Crippen LogP contribution in [0.15, 0.2) is 0 Å². The second kappa shape index (κ2) is 3.55. The molecule has 4 atom stereocenters. The van der Waals surface area contributed by atoms with Gasteiger partial charge >= 0.3 is 0 Å². The van der Waals surface area contributed by atoms with Crippen LogP contribution < -0.4 is 0 Å². The molecule has 1 fully saturated rings. The van der Waals surface area contributed by atoms with Gasteiger partial charge in [-0.3, -0.25) is 0 Å². The molecule has 0 unspecified atom stereocenters. The zero-order valence-corrected chi connectivity index (χ0v) is 7.45. The Kier molecular flexibility index (Phi) is 2.44. The van der Waals surface area contributed by atoms with E-state index in [9.17, 15) is 5.11 Å². The molecule has 2 heteroatoms. The van der Waals surface area contributed by atoms with Crippen LogP contribution in [0.4, 0.5) is 0 Å². The molecular weight excluding hydrogens is 140 g/mol. The van der Waals surface area contributed by atoms with Crippen LogP contribution in [-0.2, 0) is 4.74 Å². The Morgan fingerprint density at radius 3 is 2.55 bits per heavy atom. The van der Waals surface area contributed by atoms with Crippen molar-refractivity contribution in [1.29, 1.82) is 0 Å². The lowest BCUT2D eigenvalue weighted by molar-refractivity contribution is -0.0173. The third-order valence-corrected chi connectivity index (χ3v) is 2.38. The molecule has 0 aromatic heterocycles. The maximum Gasteiger partial charge on any atom is 0.0862 e. The SMILES string of the molecule is [3H][C@H]1C[C@H](C(C)C)[C@@H]([C@H](C)O)O1. The van der Waals surface area contributed by atoms with Crippen LogP contribution in [0.3, 0.4) is 0 Å². The van der Waals surface area contributed by atoms with Crippen LogP contribution in [-0.4, -0.2) is 23.9 Å². The predicted molar refractivity (Wildman–Crippen MR) is 44.4 cm³/mol. The summed E-state index contributed by atoms with van der Waals surface area (Å²) in [7, 11) is 0. The maximum absolute atomic E-state index is 9.38. The molecule has 0 bridgehead atoms. The molecule has 66 valence electrons. The average molecular weight is 160 g/mol. The van der Waals surface area contributed by atoms with E-state index < -0.39 is 12.7 Å². The van der Waals surface area contributed by atoms with Gasteiger partial charge in [-0.2, -0.15) is 0 Å². The van der Waals surface area contributed by atoms with Crippen LogP contribution in [0.5, 0.6) is 0 Å². The van der Waals surface area contributed by atoms with E-state index in [-0.39, 0.29) is 6.10 Å². The zero-order valence-electron chi connectivity index (χ0n) is 8.45. The lowest BCUT2D eigenvalue weighted by Crippen LogP contribution is -2.31. The Morgan fingerprint density at radius 2 is 2.18 bits per heavy atom. The second-order valence-corrected chi connectivity index (χ2v) is 3.65. The molecule has 2 nitrogen and oxygen atoms in total. The summed E-state index contributed by atoms with van der Waals surface area (Å²) in [6, 6.07) is 0. The average Bonchev–Trinajstić information content (AvgIpc) is 2.31. The molecule has 0 aromatic rings. The zero-order chi connectivity index (χ0) is 9.30. The summed E-state index contributed by atoms with van der Waals surface area (Å²) < 4.78 is 12.8. The Balaban J connectivity index is 2.59. The molecule has 0 amide bonds. The summed E-state index contributed by atoms with van der Waals surface area (Å²) in [5, 5.41) is 9.38. The summed E-state index contributed by atoms with van der Waals surface area (Å²) in [4.78, 5) is 0. The molecule has 0 aliphatic carbocycles. The molecule has 1 aliphatic heterocycles. The smallest absolute Gasteiger partial charge is 0.0862 e. The number of aliphatic hydroxyl groups excluding tert-OH is 1. The quantitative estimate of drug-likeness (QED) is 0.662. The first-order valence-corrected chi connectivity index (χ1v) is 4.28. The molecule has 1 N–H and O–H groups in total. The number of ether oxygens (including phenoxy) is 1. The molecule has 0 saturated carbocycles. The predicted octanol–water partition coefficient (Wildman–Crippen LogP) is 1.43. The highest BCUT2D eigenvalue weighted by atomic mass is 16.5. The van der Waals surface area contributed by atoms with E-state index in [1.54, 1.807) is 6.92 Å². The fourth-order valence-corrected chi connectivity index (χ4v) is 1.64. The fraction of sp³-hybridized carbons (Fsp3) is 1.00. The Hall–Kier alpha value is -0.0800. The van der Waals surface area contributed by atoms with Gasteiger partial charge < -0.3 is 9.84 Å². The standard InChI is InChI=1S/C9H18O2/c1-6(2)8-4-5-11-9(8)7(3)10/h6-10H,4-5H2,1-3H3/t7-,8+,9+/m0/s1/i5T/t5-,7-,8+,9+. The summed E-state index contributed by atoms with van der Waals surface area (Å²) in [5.41, 5.74) is 0. The highest BCUT2D eigenvalue weighted by Crippen LogP contribution is 2.29. The van der Waals surface area contributed by atoms with Gasteiger partial charge in [0.1, 0.15) is 0 Å². The van der Waals surface area contributed by atoms with Gasteiger partial charge in [0.05, 0.1) is 13.6 Å². The maximum atomic E-state index is 9.38. The van der Waals surface area contributed by atoms with Gasteiger partial charge in [-0.05, 0) is 25.2 Å². The molecular formula is C9H18O2. The van der Waals surface area contributed by atoms with Crippen LogP contribution in [0.25, 0.3) is 0 Å². The van der Waals surface area contributed by atoms with Crippen molar-refractivity contribution in [3.05, 3.63) is 0 Å². The van der Waals surface area contributed by atoms with Crippen LogP contribution in [0.1, 0.15) is 28.6 Å². The van der Waals surface area contributed by atoms with Crippen molar-refractivity contribution in [2.45, 2.75) is 39.4 Å². The highest BCUT2D eigenvalue weighted by molar-refractivity contribution is 4.81. The van der Waals surface area contributed by atoms with E-state index in [0.29, 0.717) is 11.8 Å². The van der Waals surface area contributed by atoms with Crippen molar-refractivity contribution in [2.24, 2.45) is 11.8 Å². The van der Waals surface area contributed by atoms with Crippen LogP contribution >= 0.6 is 0 Å². The molecule has 1 aliphatic rings. The third kappa shape index (κ3) is 1.94. The van der Waals surface area contributed by atoms with Crippen LogP contribution in [0.2, 0.25) is 0 Å². The van der Waals surface area contributed by atoms with Crippen molar-refractivity contribution in [1.82, 2.24) is 0 Å². The second-order valence-electron chi connectivity index (χ2n) is 3.65. The summed E-state index contributed by atoms with van der Waals surface area (Å²) in [6.45, 7) is 5.53. The van der Waals surface area contributed by atoms with Gasteiger partial charge in [-0.15, -0.1) is 0 Å². The monoisotopic (exact) mass is 160 g/mol. The first kappa shape index (κ1) is 7.56. The first-order valence-electron chi connectivity index (χ1n) is 4.86. The van der Waals surface area contributed by atoms with Gasteiger partial charge in [0.25, 0.3) is 0 Å². The molecule has 0 aromatic carbocycles. The molecule has 1 saturated heterocycles. The van der Waals surface area contributed by atoms with Gasteiger partial charge in [-0.25, -0.2) is 0 Å². The summed E-state index contributed by atoms with van der Waals surface area (Å²) in [5.74, 6) is 0.826. The Bertz CT molecular complexity index is 131. The van der Waals surface area contributed by atoms with Crippen molar-refractivity contribution in [3.8, 4) is 0 Å². The number of aliphatic hydroxyl groups is 1. The van der Waals surface area contributed by atoms with Crippen molar-refractivity contribution in [3.63, 3.8) is 0 Å². The van der Waals surface area contributed by atoms with E-state index in [1.807, 2.05) is 0 Å². The van der Waals surface area contributed by atoms with Gasteiger partial charge in [-0.1, -0.05) is 13.8 Å². The number of hydrogen-bond acceptors (Lipinski definition) is 2. The molecule has 1 heterocycles. The van der Waals surface area contributed by atoms with Gasteiger partial charge in [0, 0.05) is 6.58 Å². The van der Waals surface area contributed by atoms with E-state index in [1.165, 1.54) is 0 Å². The van der Waals surface area contributed by atoms with Crippen LogP contribution in [0, 0.1) is 11.8 Å². The molecule has 11 heavy (non-hydrogen) atoms.